The molecule has 1 N–H and O–H groups in total. The van der Waals surface area contributed by atoms with Gasteiger partial charge in [-0.15, -0.1) is 0 Å². The SMILES string of the molecule is CCC(C)NC1CCN(c2nc(C)c3ccc(S(C)(=O)=O)cc3n2)CC1. The van der Waals surface area contributed by atoms with Crippen LogP contribution in [0.15, 0.2) is 23.1 Å². The average molecular weight is 377 g/mol. The Kier molecular flexibility index (Phi) is 5.48. The lowest BCUT2D eigenvalue weighted by Crippen LogP contribution is -2.45. The number of fused-ring (bicyclic) bond motifs is 1. The van der Waals surface area contributed by atoms with E-state index in [1.54, 1.807) is 18.2 Å². The molecule has 1 unspecified atom stereocenters. The predicted octanol–water partition coefficient (Wildman–Crippen LogP) is 2.70. The van der Waals surface area contributed by atoms with Crippen molar-refractivity contribution >= 4 is 26.7 Å². The highest BCUT2D eigenvalue weighted by atomic mass is 32.2. The molecule has 1 saturated heterocycles. The molecule has 1 atom stereocenters. The number of aryl methyl sites for hydroxylation is 1. The summed E-state index contributed by atoms with van der Waals surface area (Å²) in [6, 6.07) is 6.16. The highest BCUT2D eigenvalue weighted by molar-refractivity contribution is 7.90. The molecule has 1 fully saturated rings. The van der Waals surface area contributed by atoms with Crippen molar-refractivity contribution in [2.75, 3.05) is 24.2 Å². The summed E-state index contributed by atoms with van der Waals surface area (Å²) < 4.78 is 23.7. The van der Waals surface area contributed by atoms with E-state index < -0.39 is 9.84 Å². The van der Waals surface area contributed by atoms with Gasteiger partial charge in [0, 0.05) is 36.8 Å². The molecule has 0 bridgehead atoms. The molecule has 0 aliphatic carbocycles. The van der Waals surface area contributed by atoms with Gasteiger partial charge in [-0.2, -0.15) is 0 Å². The summed E-state index contributed by atoms with van der Waals surface area (Å²) in [5.41, 5.74) is 1.57. The van der Waals surface area contributed by atoms with Crippen molar-refractivity contribution in [3.05, 3.63) is 23.9 Å². The number of benzene rings is 1. The van der Waals surface area contributed by atoms with Crippen LogP contribution < -0.4 is 10.2 Å². The fraction of sp³-hybridized carbons (Fsp3) is 0.579. The van der Waals surface area contributed by atoms with E-state index in [0.717, 1.165) is 43.4 Å². The number of nitrogens with zero attached hydrogens (tertiary/aromatic N) is 3. The topological polar surface area (TPSA) is 75.2 Å². The fourth-order valence-electron chi connectivity index (χ4n) is 3.39. The number of hydrogen-bond acceptors (Lipinski definition) is 6. The molecule has 7 heteroatoms. The van der Waals surface area contributed by atoms with Gasteiger partial charge in [0.2, 0.25) is 5.95 Å². The van der Waals surface area contributed by atoms with Crippen LogP contribution in [-0.4, -0.2) is 49.8 Å². The van der Waals surface area contributed by atoms with Crippen molar-refractivity contribution in [2.24, 2.45) is 0 Å². The standard InChI is InChI=1S/C19H28N4O2S/c1-5-13(2)20-15-8-10-23(11-9-15)19-21-14(3)17-7-6-16(26(4,24)25)12-18(17)22-19/h6-7,12-13,15,20H,5,8-11H2,1-4H3. The van der Waals surface area contributed by atoms with Crippen molar-refractivity contribution < 1.29 is 8.42 Å². The first-order valence-corrected chi connectivity index (χ1v) is 11.2. The van der Waals surface area contributed by atoms with Gasteiger partial charge in [-0.25, -0.2) is 18.4 Å². The van der Waals surface area contributed by atoms with Gasteiger partial charge in [-0.1, -0.05) is 6.92 Å². The van der Waals surface area contributed by atoms with Crippen LogP contribution >= 0.6 is 0 Å². The molecule has 3 rings (SSSR count). The summed E-state index contributed by atoms with van der Waals surface area (Å²) in [6.07, 6.45) is 4.48. The lowest BCUT2D eigenvalue weighted by atomic mass is 10.0. The van der Waals surface area contributed by atoms with Crippen LogP contribution in [0, 0.1) is 6.92 Å². The summed E-state index contributed by atoms with van der Waals surface area (Å²) >= 11 is 0. The lowest BCUT2D eigenvalue weighted by molar-refractivity contribution is 0.370. The number of nitrogens with one attached hydrogen (secondary N) is 1. The number of anilines is 1. The first-order valence-electron chi connectivity index (χ1n) is 9.27. The van der Waals surface area contributed by atoms with E-state index in [4.69, 9.17) is 0 Å². The molecule has 0 spiro atoms. The van der Waals surface area contributed by atoms with Gasteiger partial charge in [-0.05, 0) is 51.3 Å². The van der Waals surface area contributed by atoms with E-state index in [0.29, 0.717) is 28.4 Å². The van der Waals surface area contributed by atoms with Crippen molar-refractivity contribution in [2.45, 2.75) is 57.0 Å². The molecule has 1 aromatic carbocycles. The van der Waals surface area contributed by atoms with Crippen LogP contribution in [0.1, 0.15) is 38.8 Å². The Morgan fingerprint density at radius 2 is 1.96 bits per heavy atom. The van der Waals surface area contributed by atoms with Crippen molar-refractivity contribution in [3.8, 4) is 0 Å². The largest absolute Gasteiger partial charge is 0.341 e. The van der Waals surface area contributed by atoms with E-state index in [1.165, 1.54) is 6.26 Å². The third kappa shape index (κ3) is 4.15. The zero-order valence-corrected chi connectivity index (χ0v) is 16.8. The maximum absolute atomic E-state index is 11.8. The highest BCUT2D eigenvalue weighted by Crippen LogP contribution is 2.24. The second-order valence-electron chi connectivity index (χ2n) is 7.30. The fourth-order valence-corrected chi connectivity index (χ4v) is 4.03. The van der Waals surface area contributed by atoms with Crippen LogP contribution in [-0.2, 0) is 9.84 Å². The summed E-state index contributed by atoms with van der Waals surface area (Å²) in [5, 5.41) is 4.57. The molecule has 142 valence electrons. The van der Waals surface area contributed by atoms with Crippen LogP contribution in [0.5, 0.6) is 0 Å². The molecule has 26 heavy (non-hydrogen) atoms. The summed E-state index contributed by atoms with van der Waals surface area (Å²) in [7, 11) is -3.25. The van der Waals surface area contributed by atoms with E-state index in [9.17, 15) is 8.42 Å². The summed E-state index contributed by atoms with van der Waals surface area (Å²) in [4.78, 5) is 11.8. The Morgan fingerprint density at radius 1 is 1.27 bits per heavy atom. The maximum Gasteiger partial charge on any atom is 0.226 e. The number of hydrogen-bond donors (Lipinski definition) is 1. The molecule has 0 radical (unpaired) electrons. The molecule has 0 saturated carbocycles. The normalized spacial score (nSPS) is 17.6. The number of rotatable bonds is 5. The van der Waals surface area contributed by atoms with E-state index in [-0.39, 0.29) is 0 Å². The minimum Gasteiger partial charge on any atom is -0.341 e. The van der Waals surface area contributed by atoms with Crippen molar-refractivity contribution in [1.29, 1.82) is 0 Å². The number of piperidine rings is 1. The molecule has 0 amide bonds. The molecule has 1 aliphatic heterocycles. The second kappa shape index (κ2) is 7.48. The van der Waals surface area contributed by atoms with E-state index >= 15 is 0 Å². The monoisotopic (exact) mass is 376 g/mol. The molecule has 2 aromatic rings. The molecular formula is C19H28N4O2S. The quantitative estimate of drug-likeness (QED) is 0.865. The summed E-state index contributed by atoms with van der Waals surface area (Å²) in [6.45, 7) is 8.19. The number of sulfone groups is 1. The first-order chi connectivity index (χ1) is 12.3. The minimum atomic E-state index is -3.25. The smallest absolute Gasteiger partial charge is 0.226 e. The zero-order valence-electron chi connectivity index (χ0n) is 16.0. The van der Waals surface area contributed by atoms with Crippen LogP contribution in [0.2, 0.25) is 0 Å². The Morgan fingerprint density at radius 3 is 2.58 bits per heavy atom. The van der Waals surface area contributed by atoms with Gasteiger partial charge in [0.05, 0.1) is 16.1 Å². The maximum atomic E-state index is 11.8. The highest BCUT2D eigenvalue weighted by Gasteiger charge is 2.22. The third-order valence-corrected chi connectivity index (χ3v) is 6.30. The van der Waals surface area contributed by atoms with Crippen LogP contribution in [0.3, 0.4) is 0 Å². The molecular weight excluding hydrogens is 348 g/mol. The van der Waals surface area contributed by atoms with Crippen LogP contribution in [0.4, 0.5) is 5.95 Å². The predicted molar refractivity (Wildman–Crippen MR) is 106 cm³/mol. The Bertz CT molecular complexity index is 890. The lowest BCUT2D eigenvalue weighted by Gasteiger charge is -2.34. The average Bonchev–Trinajstić information content (AvgIpc) is 2.61. The summed E-state index contributed by atoms with van der Waals surface area (Å²) in [5.74, 6) is 0.697. The zero-order chi connectivity index (χ0) is 18.9. The second-order valence-corrected chi connectivity index (χ2v) is 9.31. The third-order valence-electron chi connectivity index (χ3n) is 5.19. The Balaban J connectivity index is 1.82. The van der Waals surface area contributed by atoms with E-state index in [2.05, 4.69) is 34.0 Å². The van der Waals surface area contributed by atoms with Gasteiger partial charge in [0.15, 0.2) is 9.84 Å². The molecule has 1 aromatic heterocycles. The van der Waals surface area contributed by atoms with Crippen molar-refractivity contribution in [1.82, 2.24) is 15.3 Å². The molecule has 1 aliphatic rings. The van der Waals surface area contributed by atoms with Gasteiger partial charge in [0.25, 0.3) is 0 Å². The van der Waals surface area contributed by atoms with Gasteiger partial charge < -0.3 is 10.2 Å². The molecule has 6 nitrogen and oxygen atoms in total. The molecule has 2 heterocycles. The minimum absolute atomic E-state index is 0.297. The van der Waals surface area contributed by atoms with Crippen molar-refractivity contribution in [3.63, 3.8) is 0 Å². The van der Waals surface area contributed by atoms with Gasteiger partial charge in [-0.3, -0.25) is 0 Å². The first kappa shape index (κ1) is 19.0. The Labute approximate surface area is 155 Å². The van der Waals surface area contributed by atoms with E-state index in [1.807, 2.05) is 6.92 Å². The van der Waals surface area contributed by atoms with Gasteiger partial charge in [0.1, 0.15) is 0 Å². The van der Waals surface area contributed by atoms with Crippen LogP contribution in [0.25, 0.3) is 10.9 Å². The Hall–Kier alpha value is -1.73. The number of aromatic nitrogens is 2. The van der Waals surface area contributed by atoms with Gasteiger partial charge >= 0.3 is 0 Å².